The summed E-state index contributed by atoms with van der Waals surface area (Å²) in [5.41, 5.74) is 5.81. The lowest BCUT2D eigenvalue weighted by Gasteiger charge is -2.16. The van der Waals surface area contributed by atoms with E-state index in [0.29, 0.717) is 6.04 Å². The second-order valence-corrected chi connectivity index (χ2v) is 5.39. The van der Waals surface area contributed by atoms with Crippen molar-refractivity contribution >= 4 is 5.91 Å². The first-order chi connectivity index (χ1) is 7.15. The lowest BCUT2D eigenvalue weighted by Crippen LogP contribution is -2.37. The van der Waals surface area contributed by atoms with Crippen molar-refractivity contribution in [2.24, 2.45) is 17.6 Å². The third-order valence-electron chi connectivity index (χ3n) is 3.89. The molecule has 3 heteroatoms. The Balaban J connectivity index is 1.77. The summed E-state index contributed by atoms with van der Waals surface area (Å²) in [6.45, 7) is 2.26. The van der Waals surface area contributed by atoms with E-state index < -0.39 is 0 Å². The Morgan fingerprint density at radius 3 is 2.53 bits per heavy atom. The van der Waals surface area contributed by atoms with Gasteiger partial charge in [0.15, 0.2) is 0 Å². The van der Waals surface area contributed by atoms with Gasteiger partial charge in [-0.2, -0.15) is 0 Å². The average Bonchev–Trinajstić information content (AvgIpc) is 2.75. The molecule has 0 heterocycles. The Morgan fingerprint density at radius 2 is 2.00 bits per heavy atom. The Morgan fingerprint density at radius 1 is 1.20 bits per heavy atom. The molecule has 86 valence electrons. The van der Waals surface area contributed by atoms with Crippen LogP contribution in [0, 0.1) is 11.8 Å². The standard InChI is InChI=1S/C12H22N2O/c1-8-2-5-11(6-8)14-12(15)9-3-4-10(13)7-9/h8-11H,2-7,13H2,1H3,(H,14,15). The monoisotopic (exact) mass is 210 g/mol. The second kappa shape index (κ2) is 4.52. The van der Waals surface area contributed by atoms with Crippen LogP contribution in [0.4, 0.5) is 0 Å². The Hall–Kier alpha value is -0.570. The van der Waals surface area contributed by atoms with Crippen LogP contribution in [0.3, 0.4) is 0 Å². The van der Waals surface area contributed by atoms with E-state index in [0.717, 1.165) is 38.0 Å². The summed E-state index contributed by atoms with van der Waals surface area (Å²) in [5.74, 6) is 1.22. The maximum atomic E-state index is 11.9. The van der Waals surface area contributed by atoms with Gasteiger partial charge in [0.25, 0.3) is 0 Å². The molecule has 4 unspecified atom stereocenters. The third kappa shape index (κ3) is 2.71. The van der Waals surface area contributed by atoms with Crippen molar-refractivity contribution in [2.75, 3.05) is 0 Å². The summed E-state index contributed by atoms with van der Waals surface area (Å²) in [4.78, 5) is 11.9. The molecule has 2 rings (SSSR count). The first kappa shape index (κ1) is 10.9. The highest BCUT2D eigenvalue weighted by Gasteiger charge is 2.30. The molecule has 0 aliphatic heterocycles. The van der Waals surface area contributed by atoms with E-state index in [4.69, 9.17) is 5.73 Å². The summed E-state index contributed by atoms with van der Waals surface area (Å²) < 4.78 is 0. The molecule has 2 aliphatic rings. The molecule has 3 nitrogen and oxygen atoms in total. The first-order valence-corrected chi connectivity index (χ1v) is 6.21. The van der Waals surface area contributed by atoms with Gasteiger partial charge in [0.05, 0.1) is 0 Å². The highest BCUT2D eigenvalue weighted by Crippen LogP contribution is 2.27. The van der Waals surface area contributed by atoms with Crippen molar-refractivity contribution < 1.29 is 4.79 Å². The molecule has 4 atom stereocenters. The lowest BCUT2D eigenvalue weighted by atomic mass is 10.1. The van der Waals surface area contributed by atoms with Gasteiger partial charge in [-0.05, 0) is 44.4 Å². The quantitative estimate of drug-likeness (QED) is 0.724. The Kier molecular flexibility index (Phi) is 3.29. The van der Waals surface area contributed by atoms with Gasteiger partial charge in [-0.25, -0.2) is 0 Å². The summed E-state index contributed by atoms with van der Waals surface area (Å²) in [6.07, 6.45) is 6.45. The fourth-order valence-electron chi connectivity index (χ4n) is 2.91. The van der Waals surface area contributed by atoms with Gasteiger partial charge in [0.2, 0.25) is 5.91 Å². The molecular formula is C12H22N2O. The predicted molar refractivity (Wildman–Crippen MR) is 60.3 cm³/mol. The summed E-state index contributed by atoms with van der Waals surface area (Å²) in [6, 6.07) is 0.688. The number of hydrogen-bond acceptors (Lipinski definition) is 2. The van der Waals surface area contributed by atoms with Crippen molar-refractivity contribution in [3.8, 4) is 0 Å². The van der Waals surface area contributed by atoms with Crippen molar-refractivity contribution in [3.63, 3.8) is 0 Å². The lowest BCUT2D eigenvalue weighted by molar-refractivity contribution is -0.125. The molecule has 2 saturated carbocycles. The highest BCUT2D eigenvalue weighted by atomic mass is 16.1. The molecule has 0 spiro atoms. The molecule has 2 aliphatic carbocycles. The minimum absolute atomic E-state index is 0.191. The van der Waals surface area contributed by atoms with Crippen LogP contribution in [0.25, 0.3) is 0 Å². The topological polar surface area (TPSA) is 55.1 Å². The molecule has 0 aromatic rings. The molecule has 0 aromatic carbocycles. The maximum absolute atomic E-state index is 11.9. The number of carbonyl (C=O) groups excluding carboxylic acids is 1. The van der Waals surface area contributed by atoms with Gasteiger partial charge in [0, 0.05) is 18.0 Å². The minimum atomic E-state index is 0.191. The molecule has 0 radical (unpaired) electrons. The number of amides is 1. The molecule has 1 amide bonds. The minimum Gasteiger partial charge on any atom is -0.353 e. The zero-order chi connectivity index (χ0) is 10.8. The van der Waals surface area contributed by atoms with Gasteiger partial charge < -0.3 is 11.1 Å². The van der Waals surface area contributed by atoms with Crippen molar-refractivity contribution in [1.82, 2.24) is 5.32 Å². The van der Waals surface area contributed by atoms with Gasteiger partial charge in [0.1, 0.15) is 0 Å². The van der Waals surface area contributed by atoms with Crippen LogP contribution in [0.1, 0.15) is 45.4 Å². The predicted octanol–water partition coefficient (Wildman–Crippen LogP) is 1.42. The molecule has 3 N–H and O–H groups in total. The number of nitrogens with two attached hydrogens (primary N) is 1. The summed E-state index contributed by atoms with van der Waals surface area (Å²) >= 11 is 0. The van der Waals surface area contributed by atoms with Gasteiger partial charge >= 0.3 is 0 Å². The average molecular weight is 210 g/mol. The molecule has 2 fully saturated rings. The smallest absolute Gasteiger partial charge is 0.223 e. The molecular weight excluding hydrogens is 188 g/mol. The van der Waals surface area contributed by atoms with Crippen molar-refractivity contribution in [2.45, 2.75) is 57.5 Å². The Bertz CT molecular complexity index is 242. The molecule has 0 aromatic heterocycles. The van der Waals surface area contributed by atoms with E-state index in [9.17, 15) is 4.79 Å². The molecule has 15 heavy (non-hydrogen) atoms. The van der Waals surface area contributed by atoms with Crippen LogP contribution in [-0.2, 0) is 4.79 Å². The fraction of sp³-hybridized carbons (Fsp3) is 0.917. The summed E-state index contributed by atoms with van der Waals surface area (Å²) in [5, 5.41) is 3.18. The second-order valence-electron chi connectivity index (χ2n) is 5.39. The normalized spacial score (nSPS) is 40.7. The van der Waals surface area contributed by atoms with Gasteiger partial charge in [-0.1, -0.05) is 6.92 Å². The van der Waals surface area contributed by atoms with Crippen LogP contribution >= 0.6 is 0 Å². The van der Waals surface area contributed by atoms with E-state index in [1.807, 2.05) is 0 Å². The number of rotatable bonds is 2. The first-order valence-electron chi connectivity index (χ1n) is 6.21. The largest absolute Gasteiger partial charge is 0.353 e. The zero-order valence-electron chi connectivity index (χ0n) is 9.54. The third-order valence-corrected chi connectivity index (χ3v) is 3.89. The van der Waals surface area contributed by atoms with E-state index in [1.165, 1.54) is 6.42 Å². The number of nitrogens with one attached hydrogen (secondary N) is 1. The molecule has 0 bridgehead atoms. The summed E-state index contributed by atoms with van der Waals surface area (Å²) in [7, 11) is 0. The van der Waals surface area contributed by atoms with Crippen LogP contribution in [0.15, 0.2) is 0 Å². The van der Waals surface area contributed by atoms with Crippen LogP contribution in [-0.4, -0.2) is 18.0 Å². The van der Waals surface area contributed by atoms with Gasteiger partial charge in [-0.15, -0.1) is 0 Å². The number of hydrogen-bond donors (Lipinski definition) is 2. The number of carbonyl (C=O) groups is 1. The van der Waals surface area contributed by atoms with E-state index in [1.54, 1.807) is 0 Å². The van der Waals surface area contributed by atoms with E-state index in [2.05, 4.69) is 12.2 Å². The fourth-order valence-corrected chi connectivity index (χ4v) is 2.91. The zero-order valence-corrected chi connectivity index (χ0v) is 9.54. The highest BCUT2D eigenvalue weighted by molar-refractivity contribution is 5.79. The van der Waals surface area contributed by atoms with Gasteiger partial charge in [-0.3, -0.25) is 4.79 Å². The van der Waals surface area contributed by atoms with E-state index >= 15 is 0 Å². The van der Waals surface area contributed by atoms with Crippen LogP contribution < -0.4 is 11.1 Å². The van der Waals surface area contributed by atoms with Crippen LogP contribution in [0.2, 0.25) is 0 Å². The maximum Gasteiger partial charge on any atom is 0.223 e. The van der Waals surface area contributed by atoms with Crippen molar-refractivity contribution in [1.29, 1.82) is 0 Å². The molecule has 0 saturated heterocycles. The van der Waals surface area contributed by atoms with E-state index in [-0.39, 0.29) is 17.9 Å². The SMILES string of the molecule is CC1CCC(NC(=O)C2CCC(N)C2)C1. The Labute approximate surface area is 91.8 Å². The van der Waals surface area contributed by atoms with Crippen molar-refractivity contribution in [3.05, 3.63) is 0 Å². The van der Waals surface area contributed by atoms with Crippen LogP contribution in [0.5, 0.6) is 0 Å².